The maximum atomic E-state index is 14.0. The molecule has 78 heavy (non-hydrogen) atoms. The summed E-state index contributed by atoms with van der Waals surface area (Å²) in [5.41, 5.74) is 4.40. The van der Waals surface area contributed by atoms with Crippen LogP contribution in [0.25, 0.3) is 0 Å². The van der Waals surface area contributed by atoms with Crippen LogP contribution < -0.4 is 39.1 Å². The molecule has 0 unspecified atom stereocenters. The first kappa shape index (κ1) is 57.2. The van der Waals surface area contributed by atoms with Gasteiger partial charge in [-0.05, 0) is 86.3 Å². The zero-order valence-corrected chi connectivity index (χ0v) is 45.8. The number of para-hydroxylation sites is 2. The average molecular weight is 1060 g/mol. The monoisotopic (exact) mass is 1060 g/mol. The number of benzene rings is 6. The Bertz CT molecular complexity index is 2820. The number of likely N-dealkylation sites (N-methyl/N-ethyl adjacent to an activating group) is 2. The number of rotatable bonds is 10. The summed E-state index contributed by atoms with van der Waals surface area (Å²) >= 11 is 0. The van der Waals surface area contributed by atoms with Crippen molar-refractivity contribution in [2.24, 2.45) is 0 Å². The highest BCUT2D eigenvalue weighted by Gasteiger charge is 2.34. The van der Waals surface area contributed by atoms with Gasteiger partial charge in [0, 0.05) is 63.0 Å². The number of carbonyl (C=O) groups excluding carboxylic acids is 4. The van der Waals surface area contributed by atoms with E-state index in [1.807, 2.05) is 135 Å². The summed E-state index contributed by atoms with van der Waals surface area (Å²) in [5.74, 6) is 2.50. The van der Waals surface area contributed by atoms with E-state index >= 15 is 0 Å². The quantitative estimate of drug-likeness (QED) is 0.127. The van der Waals surface area contributed by atoms with Crippen LogP contribution in [0.4, 0.5) is 0 Å². The number of nitrogens with zero attached hydrogens (tertiary/aromatic N) is 2. The Labute approximate surface area is 458 Å². The molecule has 2 aliphatic heterocycles. The molecule has 408 valence electrons. The Morgan fingerprint density at radius 2 is 0.821 bits per heavy atom. The third-order valence-electron chi connectivity index (χ3n) is 13.9. The molecule has 2 heterocycles. The summed E-state index contributed by atoms with van der Waals surface area (Å²) in [6.45, 7) is 3.95. The Balaban J connectivity index is 0.000000226. The molecule has 0 aliphatic carbocycles. The van der Waals surface area contributed by atoms with Gasteiger partial charge in [0.1, 0.15) is 46.6 Å². The second-order valence-corrected chi connectivity index (χ2v) is 19.3. The predicted octanol–water partition coefficient (Wildman–Crippen LogP) is 10.7. The van der Waals surface area contributed by atoms with Gasteiger partial charge < -0.3 is 48.9 Å². The molecule has 0 aromatic heterocycles. The minimum atomic E-state index is -0.760. The van der Waals surface area contributed by atoms with Gasteiger partial charge in [-0.1, -0.05) is 109 Å². The van der Waals surface area contributed by atoms with Crippen molar-refractivity contribution < 1.29 is 47.6 Å². The van der Waals surface area contributed by atoms with Crippen molar-refractivity contribution >= 4 is 23.6 Å². The van der Waals surface area contributed by atoms with Crippen LogP contribution in [0, 0.1) is 0 Å². The highest BCUT2D eigenvalue weighted by atomic mass is 16.5. The third-order valence-corrected chi connectivity index (χ3v) is 13.9. The molecule has 0 radical (unpaired) electrons. The van der Waals surface area contributed by atoms with Crippen LogP contribution in [-0.4, -0.2) is 100 Å². The highest BCUT2D eigenvalue weighted by molar-refractivity contribution is 6.00. The average Bonchev–Trinajstić information content (AvgIpc) is 3.47. The van der Waals surface area contributed by atoms with Gasteiger partial charge in [-0.3, -0.25) is 19.2 Å². The van der Waals surface area contributed by atoms with E-state index in [0.29, 0.717) is 84.1 Å². The van der Waals surface area contributed by atoms with E-state index in [1.54, 1.807) is 91.1 Å². The van der Waals surface area contributed by atoms with Gasteiger partial charge in [0.2, 0.25) is 11.8 Å². The molecule has 2 N–H and O–H groups in total. The minimum absolute atomic E-state index is 0.146. The lowest BCUT2D eigenvalue weighted by Gasteiger charge is -2.31. The van der Waals surface area contributed by atoms with E-state index in [1.165, 1.54) is 9.80 Å². The molecule has 6 aromatic carbocycles. The van der Waals surface area contributed by atoms with Gasteiger partial charge >= 0.3 is 0 Å². The number of hydrogen-bond donors (Lipinski definition) is 2. The van der Waals surface area contributed by atoms with Gasteiger partial charge in [-0.2, -0.15) is 0 Å². The van der Waals surface area contributed by atoms with Crippen LogP contribution in [0.15, 0.2) is 170 Å². The number of fused-ring (bicyclic) bond motifs is 2. The molecular formula is C64H72N4O10. The van der Waals surface area contributed by atoms with Gasteiger partial charge in [0.25, 0.3) is 11.8 Å². The Kier molecular flexibility index (Phi) is 20.5. The van der Waals surface area contributed by atoms with E-state index in [2.05, 4.69) is 10.6 Å². The van der Waals surface area contributed by atoms with E-state index < -0.39 is 12.1 Å². The third kappa shape index (κ3) is 14.9. The zero-order chi connectivity index (χ0) is 55.6. The second-order valence-electron chi connectivity index (χ2n) is 19.3. The van der Waals surface area contributed by atoms with Crippen LogP contribution in [0.3, 0.4) is 0 Å². The molecule has 0 fully saturated rings. The molecule has 0 spiro atoms. The normalized spacial score (nSPS) is 21.1. The molecule has 0 bridgehead atoms. The van der Waals surface area contributed by atoms with E-state index in [4.69, 9.17) is 28.4 Å². The smallest absolute Gasteiger partial charge is 0.258 e. The summed E-state index contributed by atoms with van der Waals surface area (Å²) in [6, 6.07) is 42.6. The summed E-state index contributed by atoms with van der Waals surface area (Å²) in [5, 5.41) is 6.44. The molecule has 6 atom stereocenters. The van der Waals surface area contributed by atoms with Gasteiger partial charge in [0.05, 0.1) is 63.9 Å². The van der Waals surface area contributed by atoms with Crippen molar-refractivity contribution in [3.05, 3.63) is 203 Å². The van der Waals surface area contributed by atoms with Crippen molar-refractivity contribution in [1.29, 1.82) is 0 Å². The van der Waals surface area contributed by atoms with E-state index in [-0.39, 0.29) is 47.9 Å². The fourth-order valence-corrected chi connectivity index (χ4v) is 9.49. The largest absolute Gasteiger partial charge is 0.497 e. The molecule has 8 rings (SSSR count). The van der Waals surface area contributed by atoms with Crippen molar-refractivity contribution in [2.75, 3.05) is 42.5 Å². The standard InChI is InChI=1S/2C32H36N2O5/c2*1-22-12-8-10-16-27(25-19-18-24(37-3)21-30(25)38-4)33-31(35)28(20-23-13-6-5-7-14-23)34(2)32(36)26-15-9-11-17-29(26)39-22/h2*5-11,13-15,17-19,21-22,27-28H,12,16,20H2,1-4H3,(H,33,35)/b10-8+;10-8-/t2*22-,27+,28-/m11/s1. The van der Waals surface area contributed by atoms with Crippen LogP contribution in [0.1, 0.15) is 94.6 Å². The minimum Gasteiger partial charge on any atom is -0.497 e. The maximum Gasteiger partial charge on any atom is 0.258 e. The topological polar surface area (TPSA) is 154 Å². The van der Waals surface area contributed by atoms with Gasteiger partial charge in [-0.15, -0.1) is 0 Å². The zero-order valence-electron chi connectivity index (χ0n) is 45.8. The molecule has 14 heteroatoms. The Morgan fingerprint density at radius 3 is 1.19 bits per heavy atom. The Morgan fingerprint density at radius 1 is 0.462 bits per heavy atom. The number of hydrogen-bond acceptors (Lipinski definition) is 10. The lowest BCUT2D eigenvalue weighted by Crippen LogP contribution is -2.49. The number of methoxy groups -OCH3 is 4. The van der Waals surface area contributed by atoms with Gasteiger partial charge in [0.15, 0.2) is 0 Å². The second kappa shape index (κ2) is 28.0. The first-order chi connectivity index (χ1) is 37.8. The Hall–Kier alpha value is -8.52. The summed E-state index contributed by atoms with van der Waals surface area (Å²) in [6.07, 6.45) is 11.0. The summed E-state index contributed by atoms with van der Waals surface area (Å²) < 4.78 is 34.4. The number of amides is 4. The molecule has 0 saturated heterocycles. The lowest BCUT2D eigenvalue weighted by atomic mass is 9.98. The molecule has 2 aliphatic rings. The number of nitrogens with one attached hydrogen (secondary N) is 2. The van der Waals surface area contributed by atoms with Crippen LogP contribution in [0.2, 0.25) is 0 Å². The van der Waals surface area contributed by atoms with Crippen molar-refractivity contribution in [2.45, 2.75) is 88.7 Å². The van der Waals surface area contributed by atoms with Crippen molar-refractivity contribution in [3.8, 4) is 34.5 Å². The van der Waals surface area contributed by atoms with Crippen LogP contribution in [0.5, 0.6) is 34.5 Å². The number of ether oxygens (including phenoxy) is 6. The lowest BCUT2D eigenvalue weighted by molar-refractivity contribution is -0.126. The molecule has 4 amide bonds. The SMILES string of the molecule is COc1ccc([C@@H]2C/C=C/C[C@@H](C)Oc3ccccc3C(=O)N(C)[C@H](Cc3ccccc3)C(=O)N2)c(OC)c1.COc1ccc([C@@H]2C/C=C\C[C@@H](C)Oc3ccccc3C(=O)N(C)[C@H](Cc3ccccc3)C(=O)N2)c(OC)c1. The first-order valence-corrected chi connectivity index (χ1v) is 26.3. The summed E-state index contributed by atoms with van der Waals surface area (Å²) in [7, 11) is 9.74. The van der Waals surface area contributed by atoms with E-state index in [0.717, 1.165) is 22.3 Å². The van der Waals surface area contributed by atoms with Crippen molar-refractivity contribution in [1.82, 2.24) is 20.4 Å². The molecular weight excluding hydrogens is 985 g/mol. The maximum absolute atomic E-state index is 14.0. The molecule has 0 saturated carbocycles. The molecule has 6 aromatic rings. The fourth-order valence-electron chi connectivity index (χ4n) is 9.49. The molecule has 14 nitrogen and oxygen atoms in total. The first-order valence-electron chi connectivity index (χ1n) is 26.3. The predicted molar refractivity (Wildman–Crippen MR) is 303 cm³/mol. The van der Waals surface area contributed by atoms with E-state index in [9.17, 15) is 19.2 Å². The van der Waals surface area contributed by atoms with Crippen LogP contribution in [-0.2, 0) is 22.4 Å². The van der Waals surface area contributed by atoms with Crippen molar-refractivity contribution in [3.63, 3.8) is 0 Å². The fraction of sp³-hybridized carbons (Fsp3) is 0.312. The number of carbonyl (C=O) groups is 4. The summed E-state index contributed by atoms with van der Waals surface area (Å²) in [4.78, 5) is 58.6. The van der Waals surface area contributed by atoms with Crippen LogP contribution >= 0.6 is 0 Å². The van der Waals surface area contributed by atoms with Gasteiger partial charge in [-0.25, -0.2) is 0 Å². The highest BCUT2D eigenvalue weighted by Crippen LogP contribution is 2.34.